The second kappa shape index (κ2) is 8.18. The maximum atomic E-state index is 12.1. The van der Waals surface area contributed by atoms with Crippen molar-refractivity contribution in [3.8, 4) is 0 Å². The van der Waals surface area contributed by atoms with Crippen LogP contribution in [0.15, 0.2) is 59.5 Å². The van der Waals surface area contributed by atoms with Crippen LogP contribution in [0.5, 0.6) is 0 Å². The number of fused-ring (bicyclic) bond motifs is 1. The van der Waals surface area contributed by atoms with Gasteiger partial charge in [-0.15, -0.1) is 0 Å². The number of nitrogens with zero attached hydrogens (tertiary/aromatic N) is 2. The van der Waals surface area contributed by atoms with Crippen molar-refractivity contribution < 1.29 is 4.79 Å². The molecule has 130 valence electrons. The van der Waals surface area contributed by atoms with Crippen LogP contribution in [0, 0.1) is 0 Å². The largest absolute Gasteiger partial charge is 0.349 e. The average molecular weight is 354 g/mol. The van der Waals surface area contributed by atoms with Crippen molar-refractivity contribution in [1.29, 1.82) is 0 Å². The van der Waals surface area contributed by atoms with Crippen molar-refractivity contribution in [2.45, 2.75) is 31.3 Å². The number of aromatic nitrogens is 2. The lowest BCUT2D eigenvalue weighted by Gasteiger charge is -2.06. The lowest BCUT2D eigenvalue weighted by atomic mass is 10.2. The molecule has 0 atom stereocenters. The Labute approximate surface area is 151 Å². The van der Waals surface area contributed by atoms with Crippen molar-refractivity contribution in [2.24, 2.45) is 0 Å². The zero-order chi connectivity index (χ0) is 17.6. The van der Waals surface area contributed by atoms with E-state index in [-0.39, 0.29) is 18.5 Å². The summed E-state index contributed by atoms with van der Waals surface area (Å²) in [5, 5.41) is 8.69. The van der Waals surface area contributed by atoms with Crippen molar-refractivity contribution in [3.05, 3.63) is 60.3 Å². The Bertz CT molecular complexity index is 845. The van der Waals surface area contributed by atoms with Crippen LogP contribution >= 0.6 is 11.9 Å². The first kappa shape index (κ1) is 17.5. The van der Waals surface area contributed by atoms with Gasteiger partial charge in [0, 0.05) is 16.3 Å². The van der Waals surface area contributed by atoms with E-state index in [1.165, 1.54) is 11.9 Å². The Hall–Kier alpha value is -2.31. The summed E-state index contributed by atoms with van der Waals surface area (Å²) in [6, 6.07) is 18.3. The van der Waals surface area contributed by atoms with E-state index in [0.717, 1.165) is 21.5 Å². The van der Waals surface area contributed by atoms with Crippen LogP contribution in [0.4, 0.5) is 0 Å². The SMILES string of the molecule is CC(C)n1nc(CNC(=O)CNSc2ccccc2)c2ccccc21. The van der Waals surface area contributed by atoms with Gasteiger partial charge in [-0.1, -0.05) is 36.4 Å². The van der Waals surface area contributed by atoms with E-state index >= 15 is 0 Å². The van der Waals surface area contributed by atoms with Crippen LogP contribution in [0.25, 0.3) is 10.9 Å². The molecule has 1 heterocycles. The predicted octanol–water partition coefficient (Wildman–Crippen LogP) is 3.53. The van der Waals surface area contributed by atoms with Crippen molar-refractivity contribution in [2.75, 3.05) is 6.54 Å². The lowest BCUT2D eigenvalue weighted by molar-refractivity contribution is -0.120. The van der Waals surface area contributed by atoms with Gasteiger partial charge in [0.2, 0.25) is 5.91 Å². The molecule has 0 aliphatic rings. The molecule has 2 N–H and O–H groups in total. The van der Waals surface area contributed by atoms with Gasteiger partial charge < -0.3 is 5.32 Å². The smallest absolute Gasteiger partial charge is 0.235 e. The summed E-state index contributed by atoms with van der Waals surface area (Å²) in [5.41, 5.74) is 1.99. The third-order valence-electron chi connectivity index (χ3n) is 3.80. The number of carbonyl (C=O) groups is 1. The molecule has 0 saturated carbocycles. The number of hydrogen-bond donors (Lipinski definition) is 2. The summed E-state index contributed by atoms with van der Waals surface area (Å²) in [7, 11) is 0. The van der Waals surface area contributed by atoms with E-state index in [9.17, 15) is 4.79 Å². The summed E-state index contributed by atoms with van der Waals surface area (Å²) >= 11 is 1.45. The van der Waals surface area contributed by atoms with E-state index in [4.69, 9.17) is 0 Å². The van der Waals surface area contributed by atoms with Gasteiger partial charge in [-0.05, 0) is 44.0 Å². The van der Waals surface area contributed by atoms with Gasteiger partial charge >= 0.3 is 0 Å². The maximum absolute atomic E-state index is 12.1. The minimum Gasteiger partial charge on any atom is -0.349 e. The molecule has 2 aromatic carbocycles. The second-order valence-corrected chi connectivity index (χ2v) is 6.98. The first-order chi connectivity index (χ1) is 12.1. The van der Waals surface area contributed by atoms with Gasteiger partial charge in [-0.2, -0.15) is 5.10 Å². The highest BCUT2D eigenvalue weighted by Gasteiger charge is 2.12. The van der Waals surface area contributed by atoms with E-state index in [2.05, 4.69) is 35.1 Å². The fourth-order valence-corrected chi connectivity index (χ4v) is 3.26. The highest BCUT2D eigenvalue weighted by molar-refractivity contribution is 7.97. The average Bonchev–Trinajstić information content (AvgIpc) is 3.00. The first-order valence-electron chi connectivity index (χ1n) is 8.32. The molecule has 1 aromatic heterocycles. The fourth-order valence-electron chi connectivity index (χ4n) is 2.60. The number of para-hydroxylation sites is 1. The summed E-state index contributed by atoms with van der Waals surface area (Å²) in [5.74, 6) is -0.0494. The van der Waals surface area contributed by atoms with Gasteiger partial charge in [0.05, 0.1) is 24.3 Å². The molecular formula is C19H22N4OS. The molecule has 0 bridgehead atoms. The summed E-state index contributed by atoms with van der Waals surface area (Å²) in [6.45, 7) is 4.89. The standard InChI is InChI=1S/C19H22N4OS/c1-14(2)23-18-11-7-6-10-16(18)17(22-23)12-20-19(24)13-21-25-15-8-4-3-5-9-15/h3-11,14,21H,12-13H2,1-2H3,(H,20,24). The van der Waals surface area contributed by atoms with Gasteiger partial charge in [-0.3, -0.25) is 14.2 Å². The Morgan fingerprint density at radius 2 is 1.84 bits per heavy atom. The van der Waals surface area contributed by atoms with Gasteiger partial charge in [0.15, 0.2) is 0 Å². The van der Waals surface area contributed by atoms with Crippen LogP contribution in [0.2, 0.25) is 0 Å². The topological polar surface area (TPSA) is 59.0 Å². The van der Waals surface area contributed by atoms with Crippen LogP contribution < -0.4 is 10.0 Å². The highest BCUT2D eigenvalue weighted by Crippen LogP contribution is 2.21. The molecule has 0 fully saturated rings. The van der Waals surface area contributed by atoms with Gasteiger partial charge in [0.25, 0.3) is 0 Å². The Balaban J connectivity index is 1.56. The molecule has 0 spiro atoms. The first-order valence-corrected chi connectivity index (χ1v) is 9.14. The normalized spacial score (nSPS) is 11.2. The van der Waals surface area contributed by atoms with Crippen LogP contribution in [0.3, 0.4) is 0 Å². The van der Waals surface area contributed by atoms with Crippen molar-refractivity contribution in [3.63, 3.8) is 0 Å². The second-order valence-electron chi connectivity index (χ2n) is 6.02. The molecule has 0 radical (unpaired) electrons. The minimum atomic E-state index is -0.0494. The van der Waals surface area contributed by atoms with Gasteiger partial charge in [-0.25, -0.2) is 0 Å². The van der Waals surface area contributed by atoms with Crippen LogP contribution in [-0.2, 0) is 11.3 Å². The Morgan fingerprint density at radius 1 is 1.12 bits per heavy atom. The highest BCUT2D eigenvalue weighted by atomic mass is 32.2. The van der Waals surface area contributed by atoms with E-state index < -0.39 is 0 Å². The Kier molecular flexibility index (Phi) is 5.73. The molecule has 0 unspecified atom stereocenters. The summed E-state index contributed by atoms with van der Waals surface area (Å²) in [4.78, 5) is 13.1. The number of nitrogens with one attached hydrogen (secondary N) is 2. The van der Waals surface area contributed by atoms with Gasteiger partial charge in [0.1, 0.15) is 0 Å². The Morgan fingerprint density at radius 3 is 2.60 bits per heavy atom. The number of benzene rings is 2. The zero-order valence-corrected chi connectivity index (χ0v) is 15.2. The molecule has 3 aromatic rings. The molecule has 1 amide bonds. The van der Waals surface area contributed by atoms with Crippen molar-refractivity contribution >= 4 is 28.8 Å². The van der Waals surface area contributed by atoms with E-state index in [0.29, 0.717) is 6.54 Å². The van der Waals surface area contributed by atoms with Crippen LogP contribution in [-0.4, -0.2) is 22.2 Å². The maximum Gasteiger partial charge on any atom is 0.235 e. The third-order valence-corrected chi connectivity index (χ3v) is 4.59. The lowest BCUT2D eigenvalue weighted by Crippen LogP contribution is -2.31. The molecule has 0 aliphatic carbocycles. The van der Waals surface area contributed by atoms with Crippen LogP contribution in [0.1, 0.15) is 25.6 Å². The number of hydrogen-bond acceptors (Lipinski definition) is 4. The number of carbonyl (C=O) groups excluding carboxylic acids is 1. The molecule has 6 heteroatoms. The molecule has 5 nitrogen and oxygen atoms in total. The van der Waals surface area contributed by atoms with E-state index in [1.54, 1.807) is 0 Å². The summed E-state index contributed by atoms with van der Waals surface area (Å²) in [6.07, 6.45) is 0. The molecular weight excluding hydrogens is 332 g/mol. The zero-order valence-electron chi connectivity index (χ0n) is 14.4. The predicted molar refractivity (Wildman–Crippen MR) is 102 cm³/mol. The minimum absolute atomic E-state index is 0.0494. The van der Waals surface area contributed by atoms with Crippen molar-refractivity contribution in [1.82, 2.24) is 19.8 Å². The number of amides is 1. The summed E-state index contributed by atoms with van der Waals surface area (Å²) < 4.78 is 5.08. The third kappa shape index (κ3) is 4.41. The number of rotatable bonds is 7. The fraction of sp³-hybridized carbons (Fsp3) is 0.263. The monoisotopic (exact) mass is 354 g/mol. The molecule has 3 rings (SSSR count). The molecule has 25 heavy (non-hydrogen) atoms. The molecule has 0 aliphatic heterocycles. The molecule has 0 saturated heterocycles. The quantitative estimate of drug-likeness (QED) is 0.637. The van der Waals surface area contributed by atoms with E-state index in [1.807, 2.05) is 53.2 Å².